The lowest BCUT2D eigenvalue weighted by molar-refractivity contribution is 0.214. The Morgan fingerprint density at radius 1 is 1.30 bits per heavy atom. The zero-order valence-corrected chi connectivity index (χ0v) is 12.9. The highest BCUT2D eigenvalue weighted by molar-refractivity contribution is 7.99. The molecule has 20 heavy (non-hydrogen) atoms. The predicted octanol–water partition coefficient (Wildman–Crippen LogP) is 3.05. The van der Waals surface area contributed by atoms with Crippen LogP contribution in [-0.4, -0.2) is 37.8 Å². The molecule has 0 spiro atoms. The maximum Gasteiger partial charge on any atom is 0.165 e. The average molecular weight is 293 g/mol. The third-order valence-electron chi connectivity index (χ3n) is 4.14. The minimum Gasteiger partial charge on any atom is -0.493 e. The van der Waals surface area contributed by atoms with Gasteiger partial charge in [0.1, 0.15) is 6.10 Å². The van der Waals surface area contributed by atoms with Gasteiger partial charge in [-0.15, -0.1) is 0 Å². The van der Waals surface area contributed by atoms with Gasteiger partial charge in [0.2, 0.25) is 0 Å². The van der Waals surface area contributed by atoms with Crippen molar-refractivity contribution < 1.29 is 9.47 Å². The topological polar surface area (TPSA) is 30.5 Å². The van der Waals surface area contributed by atoms with Crippen molar-refractivity contribution in [1.82, 2.24) is 5.32 Å². The Morgan fingerprint density at radius 3 is 2.95 bits per heavy atom. The first-order valence-electron chi connectivity index (χ1n) is 7.50. The van der Waals surface area contributed by atoms with E-state index in [0.717, 1.165) is 36.8 Å². The van der Waals surface area contributed by atoms with E-state index in [9.17, 15) is 0 Å². The zero-order valence-electron chi connectivity index (χ0n) is 12.1. The normalized spacial score (nSPS) is 26.4. The third-order valence-corrected chi connectivity index (χ3v) is 5.27. The van der Waals surface area contributed by atoms with E-state index in [2.05, 4.69) is 17.4 Å². The summed E-state index contributed by atoms with van der Waals surface area (Å²) in [5.41, 5.74) is 1.31. The van der Waals surface area contributed by atoms with E-state index in [1.807, 2.05) is 17.8 Å². The summed E-state index contributed by atoms with van der Waals surface area (Å²) in [5, 5.41) is 3.49. The first-order valence-corrected chi connectivity index (χ1v) is 8.66. The summed E-state index contributed by atoms with van der Waals surface area (Å²) in [4.78, 5) is 0. The van der Waals surface area contributed by atoms with E-state index in [4.69, 9.17) is 9.47 Å². The number of piperidine rings is 1. The van der Waals surface area contributed by atoms with Crippen LogP contribution in [0.5, 0.6) is 11.5 Å². The molecule has 2 unspecified atom stereocenters. The van der Waals surface area contributed by atoms with Crippen LogP contribution >= 0.6 is 11.8 Å². The SMILES string of the molecule is COc1cccc(C2CCCNC2)c1OC1CCSC1. The molecule has 0 amide bonds. The van der Waals surface area contributed by atoms with E-state index < -0.39 is 0 Å². The Bertz CT molecular complexity index is 440. The zero-order chi connectivity index (χ0) is 13.8. The van der Waals surface area contributed by atoms with Gasteiger partial charge in [0.05, 0.1) is 7.11 Å². The van der Waals surface area contributed by atoms with Crippen LogP contribution in [0.15, 0.2) is 18.2 Å². The number of benzene rings is 1. The fraction of sp³-hybridized carbons (Fsp3) is 0.625. The second kappa shape index (κ2) is 6.72. The Hall–Kier alpha value is -0.870. The van der Waals surface area contributed by atoms with Crippen molar-refractivity contribution in [2.45, 2.75) is 31.3 Å². The largest absolute Gasteiger partial charge is 0.493 e. The van der Waals surface area contributed by atoms with Gasteiger partial charge in [0.15, 0.2) is 11.5 Å². The van der Waals surface area contributed by atoms with Gasteiger partial charge in [-0.2, -0.15) is 11.8 Å². The number of nitrogens with one attached hydrogen (secondary N) is 1. The summed E-state index contributed by atoms with van der Waals surface area (Å²) < 4.78 is 11.8. The van der Waals surface area contributed by atoms with Crippen molar-refractivity contribution in [3.05, 3.63) is 23.8 Å². The number of hydrogen-bond acceptors (Lipinski definition) is 4. The van der Waals surface area contributed by atoms with Crippen LogP contribution in [0.1, 0.15) is 30.7 Å². The lowest BCUT2D eigenvalue weighted by atomic mass is 9.90. The molecule has 0 bridgehead atoms. The molecule has 3 nitrogen and oxygen atoms in total. The van der Waals surface area contributed by atoms with E-state index in [0.29, 0.717) is 12.0 Å². The van der Waals surface area contributed by atoms with Crippen molar-refractivity contribution >= 4 is 11.8 Å². The number of rotatable bonds is 4. The van der Waals surface area contributed by atoms with Crippen molar-refractivity contribution in [3.8, 4) is 11.5 Å². The molecular formula is C16H23NO2S. The molecule has 0 saturated carbocycles. The molecule has 0 radical (unpaired) electrons. The van der Waals surface area contributed by atoms with Gasteiger partial charge in [0, 0.05) is 23.8 Å². The number of ether oxygens (including phenoxy) is 2. The second-order valence-electron chi connectivity index (χ2n) is 5.53. The fourth-order valence-corrected chi connectivity index (χ4v) is 4.12. The predicted molar refractivity (Wildman–Crippen MR) is 84.2 cm³/mol. The van der Waals surface area contributed by atoms with Crippen LogP contribution in [0.4, 0.5) is 0 Å². The summed E-state index contributed by atoms with van der Waals surface area (Å²) >= 11 is 1.98. The first kappa shape index (κ1) is 14.1. The van der Waals surface area contributed by atoms with E-state index in [1.54, 1.807) is 7.11 Å². The van der Waals surface area contributed by atoms with Gasteiger partial charge in [0.25, 0.3) is 0 Å². The van der Waals surface area contributed by atoms with Crippen LogP contribution in [0.2, 0.25) is 0 Å². The molecule has 2 aliphatic heterocycles. The summed E-state index contributed by atoms with van der Waals surface area (Å²) in [6.07, 6.45) is 3.95. The van der Waals surface area contributed by atoms with Crippen LogP contribution in [0, 0.1) is 0 Å². The van der Waals surface area contributed by atoms with Gasteiger partial charge in [-0.05, 0) is 37.6 Å². The van der Waals surface area contributed by atoms with Gasteiger partial charge < -0.3 is 14.8 Å². The quantitative estimate of drug-likeness (QED) is 0.924. The van der Waals surface area contributed by atoms with Crippen molar-refractivity contribution in [3.63, 3.8) is 0 Å². The van der Waals surface area contributed by atoms with Gasteiger partial charge >= 0.3 is 0 Å². The molecule has 2 saturated heterocycles. The Balaban J connectivity index is 1.86. The van der Waals surface area contributed by atoms with Crippen molar-refractivity contribution in [2.75, 3.05) is 31.7 Å². The Labute approximate surface area is 125 Å². The fourth-order valence-electron chi connectivity index (χ4n) is 3.03. The van der Waals surface area contributed by atoms with Crippen LogP contribution in [0.3, 0.4) is 0 Å². The van der Waals surface area contributed by atoms with E-state index in [-0.39, 0.29) is 0 Å². The second-order valence-corrected chi connectivity index (χ2v) is 6.68. The van der Waals surface area contributed by atoms with Gasteiger partial charge in [-0.1, -0.05) is 12.1 Å². The Morgan fingerprint density at radius 2 is 2.25 bits per heavy atom. The molecule has 2 fully saturated rings. The van der Waals surface area contributed by atoms with Crippen molar-refractivity contribution in [2.24, 2.45) is 0 Å². The number of para-hydroxylation sites is 1. The molecule has 4 heteroatoms. The van der Waals surface area contributed by atoms with Gasteiger partial charge in [-0.25, -0.2) is 0 Å². The molecule has 110 valence electrons. The van der Waals surface area contributed by atoms with E-state index in [1.165, 1.54) is 24.2 Å². The molecule has 2 aliphatic rings. The standard InChI is InChI=1S/C16H23NO2S/c1-18-15-6-2-5-14(12-4-3-8-17-10-12)16(15)19-13-7-9-20-11-13/h2,5-6,12-13,17H,3-4,7-11H2,1H3. The van der Waals surface area contributed by atoms with E-state index >= 15 is 0 Å². The lowest BCUT2D eigenvalue weighted by Gasteiger charge is -2.27. The average Bonchev–Trinajstić information content (AvgIpc) is 3.01. The Kier molecular flexibility index (Phi) is 4.73. The van der Waals surface area contributed by atoms with Crippen LogP contribution in [0.25, 0.3) is 0 Å². The number of thioether (sulfide) groups is 1. The third kappa shape index (κ3) is 3.07. The molecule has 2 heterocycles. The van der Waals surface area contributed by atoms with Crippen molar-refractivity contribution in [1.29, 1.82) is 0 Å². The number of methoxy groups -OCH3 is 1. The maximum atomic E-state index is 6.31. The molecule has 1 aromatic rings. The summed E-state index contributed by atoms with van der Waals surface area (Å²) in [6, 6.07) is 6.30. The lowest BCUT2D eigenvalue weighted by Crippen LogP contribution is -2.29. The highest BCUT2D eigenvalue weighted by Gasteiger charge is 2.25. The molecule has 3 rings (SSSR count). The highest BCUT2D eigenvalue weighted by atomic mass is 32.2. The first-order chi connectivity index (χ1) is 9.88. The molecule has 1 aromatic carbocycles. The highest BCUT2D eigenvalue weighted by Crippen LogP contribution is 2.39. The van der Waals surface area contributed by atoms with Gasteiger partial charge in [-0.3, -0.25) is 0 Å². The summed E-state index contributed by atoms with van der Waals surface area (Å²) in [6.45, 7) is 2.18. The molecule has 1 N–H and O–H groups in total. The minimum atomic E-state index is 0.339. The monoisotopic (exact) mass is 293 g/mol. The number of hydrogen-bond donors (Lipinski definition) is 1. The summed E-state index contributed by atoms with van der Waals surface area (Å²) in [5.74, 6) is 4.71. The summed E-state index contributed by atoms with van der Waals surface area (Å²) in [7, 11) is 1.73. The molecule has 0 aromatic heterocycles. The maximum absolute atomic E-state index is 6.31. The van der Waals surface area contributed by atoms with Crippen LogP contribution < -0.4 is 14.8 Å². The molecular weight excluding hydrogens is 270 g/mol. The smallest absolute Gasteiger partial charge is 0.165 e. The molecule has 0 aliphatic carbocycles. The molecule has 2 atom stereocenters. The minimum absolute atomic E-state index is 0.339. The van der Waals surface area contributed by atoms with Crippen LogP contribution in [-0.2, 0) is 0 Å².